The van der Waals surface area contributed by atoms with E-state index in [9.17, 15) is 4.79 Å². The Kier molecular flexibility index (Phi) is 4.19. The van der Waals surface area contributed by atoms with Gasteiger partial charge in [-0.2, -0.15) is 0 Å². The number of carbonyl (C=O) groups excluding carboxylic acids is 1. The molecular formula is C11H11ClN2O2. The van der Waals surface area contributed by atoms with Crippen LogP contribution in [-0.2, 0) is 4.79 Å². The highest BCUT2D eigenvalue weighted by molar-refractivity contribution is 6.70. The Labute approximate surface area is 98.6 Å². The molecule has 0 heterocycles. The van der Waals surface area contributed by atoms with Gasteiger partial charge in [-0.25, -0.2) is 0 Å². The van der Waals surface area contributed by atoms with Crippen LogP contribution in [0.15, 0.2) is 28.2 Å². The lowest BCUT2D eigenvalue weighted by Gasteiger charge is -2.06. The first kappa shape index (κ1) is 12.4. The molecule has 1 aromatic rings. The molecule has 0 aliphatic rings. The quantitative estimate of drug-likeness (QED) is 0.462. The maximum Gasteiger partial charge on any atom is 0.308 e. The molecule has 16 heavy (non-hydrogen) atoms. The van der Waals surface area contributed by atoms with Crippen molar-refractivity contribution in [3.8, 4) is 5.75 Å². The number of carbonyl (C=O) groups is 1. The average Bonchev–Trinajstić information content (AvgIpc) is 2.27. The van der Waals surface area contributed by atoms with Gasteiger partial charge in [0.05, 0.1) is 5.69 Å². The lowest BCUT2D eigenvalue weighted by Crippen LogP contribution is -2.02. The van der Waals surface area contributed by atoms with E-state index in [1.165, 1.54) is 6.92 Å². The number of ether oxygens (including phenoxy) is 1. The van der Waals surface area contributed by atoms with Gasteiger partial charge in [0.15, 0.2) is 0 Å². The van der Waals surface area contributed by atoms with Crippen molar-refractivity contribution < 1.29 is 9.53 Å². The van der Waals surface area contributed by atoms with E-state index in [1.807, 2.05) is 0 Å². The molecule has 0 aromatic heterocycles. The fourth-order valence-electron chi connectivity index (χ4n) is 1.17. The summed E-state index contributed by atoms with van der Waals surface area (Å²) in [5.74, 6) is 0.00604. The molecule has 0 saturated carbocycles. The second-order valence-corrected chi connectivity index (χ2v) is 3.30. The summed E-state index contributed by atoms with van der Waals surface area (Å²) in [6.07, 6.45) is 0. The second kappa shape index (κ2) is 5.42. The third-order valence-electron chi connectivity index (χ3n) is 1.82. The van der Waals surface area contributed by atoms with Crippen LogP contribution < -0.4 is 4.74 Å². The molecule has 0 aliphatic carbocycles. The lowest BCUT2D eigenvalue weighted by atomic mass is 10.2. The minimum absolute atomic E-state index is 0.288. The highest BCUT2D eigenvalue weighted by atomic mass is 35.5. The van der Waals surface area contributed by atoms with Crippen LogP contribution in [-0.4, -0.2) is 24.9 Å². The average molecular weight is 239 g/mol. The monoisotopic (exact) mass is 238 g/mol. The Balaban J connectivity index is 3.21. The van der Waals surface area contributed by atoms with Crippen LogP contribution in [0.5, 0.6) is 5.75 Å². The van der Waals surface area contributed by atoms with Crippen molar-refractivity contribution >= 4 is 35.1 Å². The van der Waals surface area contributed by atoms with Gasteiger partial charge < -0.3 is 4.74 Å². The van der Waals surface area contributed by atoms with Gasteiger partial charge in [0, 0.05) is 19.5 Å². The summed E-state index contributed by atoms with van der Waals surface area (Å²) in [5.41, 5.74) is 1.17. The van der Waals surface area contributed by atoms with Gasteiger partial charge in [-0.15, -0.1) is 0 Å². The number of aliphatic imine (C=N–C) groups is 2. The van der Waals surface area contributed by atoms with Crippen LogP contribution in [0, 0.1) is 0 Å². The normalized spacial score (nSPS) is 11.1. The molecule has 0 radical (unpaired) electrons. The summed E-state index contributed by atoms with van der Waals surface area (Å²) in [5, 5.41) is 0.288. The van der Waals surface area contributed by atoms with E-state index in [0.29, 0.717) is 17.0 Å². The van der Waals surface area contributed by atoms with Gasteiger partial charge >= 0.3 is 5.97 Å². The van der Waals surface area contributed by atoms with Gasteiger partial charge in [-0.05, 0) is 24.9 Å². The van der Waals surface area contributed by atoms with E-state index >= 15 is 0 Å². The smallest absolute Gasteiger partial charge is 0.308 e. The van der Waals surface area contributed by atoms with Crippen LogP contribution in [0.2, 0.25) is 0 Å². The molecule has 4 nitrogen and oxygen atoms in total. The number of hydrogen-bond acceptors (Lipinski definition) is 4. The van der Waals surface area contributed by atoms with E-state index in [4.69, 9.17) is 16.3 Å². The zero-order valence-corrected chi connectivity index (χ0v) is 9.78. The molecule has 1 rings (SSSR count). The first-order chi connectivity index (χ1) is 7.58. The van der Waals surface area contributed by atoms with E-state index < -0.39 is 5.97 Å². The van der Waals surface area contributed by atoms with E-state index in [2.05, 4.69) is 16.7 Å². The molecule has 0 spiro atoms. The second-order valence-electron chi connectivity index (χ2n) is 2.95. The van der Waals surface area contributed by atoms with E-state index in [-0.39, 0.29) is 5.17 Å². The summed E-state index contributed by atoms with van der Waals surface area (Å²) >= 11 is 5.90. The van der Waals surface area contributed by atoms with Gasteiger partial charge in [0.1, 0.15) is 10.9 Å². The fourth-order valence-corrected chi connectivity index (χ4v) is 1.32. The Bertz CT molecular complexity index is 455. The molecule has 1 aromatic carbocycles. The van der Waals surface area contributed by atoms with Crippen molar-refractivity contribution in [1.82, 2.24) is 0 Å². The van der Waals surface area contributed by atoms with Crippen LogP contribution in [0.3, 0.4) is 0 Å². The molecule has 0 bridgehead atoms. The zero-order valence-electron chi connectivity index (χ0n) is 9.03. The summed E-state index contributed by atoms with van der Waals surface area (Å²) in [4.78, 5) is 18.4. The predicted molar refractivity (Wildman–Crippen MR) is 65.3 cm³/mol. The number of hydrogen-bond donors (Lipinski definition) is 0. The maximum atomic E-state index is 10.8. The third kappa shape index (κ3) is 2.90. The molecule has 0 fully saturated rings. The first-order valence-corrected chi connectivity index (χ1v) is 4.88. The molecular weight excluding hydrogens is 228 g/mol. The molecule has 5 heteroatoms. The molecule has 84 valence electrons. The SMILES string of the molecule is C=Nc1ccc(OC(C)=O)cc1C(Cl)=NC. The summed E-state index contributed by atoms with van der Waals surface area (Å²) in [7, 11) is 1.56. The predicted octanol–water partition coefficient (Wildman–Crippen LogP) is 2.56. The standard InChI is InChI=1S/C11H11ClN2O2/c1-7(15)16-8-4-5-10(13-2)9(6-8)11(12)14-3/h4-6H,2H2,1,3H3. The van der Waals surface area contributed by atoms with Crippen LogP contribution in [0.1, 0.15) is 12.5 Å². The summed E-state index contributed by atoms with van der Waals surface area (Å²) < 4.78 is 4.93. The minimum atomic E-state index is -0.394. The molecule has 0 N–H and O–H groups in total. The van der Waals surface area contributed by atoms with Crippen LogP contribution >= 0.6 is 11.6 Å². The Morgan fingerprint density at radius 3 is 2.69 bits per heavy atom. The van der Waals surface area contributed by atoms with Crippen LogP contribution in [0.4, 0.5) is 5.69 Å². The molecule has 0 amide bonds. The summed E-state index contributed by atoms with van der Waals surface area (Å²) in [6.45, 7) is 4.76. The van der Waals surface area contributed by atoms with Gasteiger partial charge in [0.2, 0.25) is 0 Å². The number of rotatable bonds is 3. The molecule has 0 atom stereocenters. The number of esters is 1. The Hall–Kier alpha value is -1.68. The Morgan fingerprint density at radius 2 is 2.19 bits per heavy atom. The van der Waals surface area contributed by atoms with Crippen molar-refractivity contribution in [3.63, 3.8) is 0 Å². The Morgan fingerprint density at radius 1 is 1.50 bits per heavy atom. The van der Waals surface area contributed by atoms with Crippen molar-refractivity contribution in [2.45, 2.75) is 6.92 Å². The molecule has 0 saturated heterocycles. The van der Waals surface area contributed by atoms with Gasteiger partial charge in [-0.3, -0.25) is 14.8 Å². The lowest BCUT2D eigenvalue weighted by molar-refractivity contribution is -0.131. The van der Waals surface area contributed by atoms with E-state index in [0.717, 1.165) is 0 Å². The highest BCUT2D eigenvalue weighted by Gasteiger charge is 2.08. The minimum Gasteiger partial charge on any atom is -0.427 e. The van der Waals surface area contributed by atoms with Gasteiger partial charge in [-0.1, -0.05) is 11.6 Å². The topological polar surface area (TPSA) is 51.0 Å². The van der Waals surface area contributed by atoms with Crippen molar-refractivity contribution in [2.75, 3.05) is 7.05 Å². The van der Waals surface area contributed by atoms with Crippen molar-refractivity contribution in [1.29, 1.82) is 0 Å². The first-order valence-electron chi connectivity index (χ1n) is 4.50. The van der Waals surface area contributed by atoms with Gasteiger partial charge in [0.25, 0.3) is 0 Å². The number of halogens is 1. The maximum absolute atomic E-state index is 10.8. The summed E-state index contributed by atoms with van der Waals surface area (Å²) in [6, 6.07) is 4.88. The molecule has 0 aliphatic heterocycles. The van der Waals surface area contributed by atoms with Crippen LogP contribution in [0.25, 0.3) is 0 Å². The largest absolute Gasteiger partial charge is 0.427 e. The zero-order chi connectivity index (χ0) is 12.1. The fraction of sp³-hybridized carbons (Fsp3) is 0.182. The van der Waals surface area contributed by atoms with Crippen molar-refractivity contribution in [2.24, 2.45) is 9.98 Å². The number of nitrogens with zero attached hydrogens (tertiary/aromatic N) is 2. The van der Waals surface area contributed by atoms with Crippen molar-refractivity contribution in [3.05, 3.63) is 23.8 Å². The molecule has 0 unspecified atom stereocenters. The third-order valence-corrected chi connectivity index (χ3v) is 2.19. The highest BCUT2D eigenvalue weighted by Crippen LogP contribution is 2.26. The number of benzene rings is 1. The van der Waals surface area contributed by atoms with E-state index in [1.54, 1.807) is 25.2 Å².